The van der Waals surface area contributed by atoms with Crippen LogP contribution in [0.1, 0.15) is 25.3 Å². The fourth-order valence-corrected chi connectivity index (χ4v) is 1.93. The van der Waals surface area contributed by atoms with E-state index in [1.807, 2.05) is 0 Å². The largest absolute Gasteiger partial charge is 0.490 e. The minimum absolute atomic E-state index is 0.414. The summed E-state index contributed by atoms with van der Waals surface area (Å²) < 4.78 is 5.84. The lowest BCUT2D eigenvalue weighted by Crippen LogP contribution is -2.46. The Labute approximate surface area is 91.6 Å². The molecule has 0 bridgehead atoms. The number of nitrogens with one attached hydrogen (secondary N) is 1. The smallest absolute Gasteiger partial charge is 0.119 e. The number of ether oxygens (including phenoxy) is 1. The number of rotatable bonds is 4. The van der Waals surface area contributed by atoms with Gasteiger partial charge in [-0.3, -0.25) is 0 Å². The molecule has 1 fully saturated rings. The molecule has 1 saturated carbocycles. The van der Waals surface area contributed by atoms with Gasteiger partial charge in [0, 0.05) is 6.04 Å². The van der Waals surface area contributed by atoms with E-state index in [-0.39, 0.29) is 0 Å². The van der Waals surface area contributed by atoms with Crippen LogP contribution < -0.4 is 10.1 Å². The summed E-state index contributed by atoms with van der Waals surface area (Å²) in [5.74, 6) is 1.00. The molecule has 2 nitrogen and oxygen atoms in total. The summed E-state index contributed by atoms with van der Waals surface area (Å²) in [5, 5.41) is 3.43. The average molecular weight is 205 g/mol. The van der Waals surface area contributed by atoms with E-state index in [1.54, 1.807) is 0 Å². The minimum Gasteiger partial charge on any atom is -0.490 e. The Morgan fingerprint density at radius 2 is 1.93 bits per heavy atom. The molecular weight excluding hydrogens is 186 g/mol. The Balaban J connectivity index is 1.77. The van der Waals surface area contributed by atoms with Gasteiger partial charge in [0.2, 0.25) is 0 Å². The third-order valence-corrected chi connectivity index (χ3v) is 2.91. The molecular formula is C13H19NO. The molecule has 0 aromatic heterocycles. The van der Waals surface area contributed by atoms with Crippen molar-refractivity contribution in [3.8, 4) is 5.75 Å². The highest BCUT2D eigenvalue weighted by atomic mass is 16.5. The molecule has 1 aliphatic rings. The zero-order valence-corrected chi connectivity index (χ0v) is 9.49. The molecule has 0 amide bonds. The standard InChI is InChI=1S/C13H19NO/c1-3-14-11-8-13(9-11)15-12-6-4-10(2)5-7-12/h4-7,11,13-14H,3,8-9H2,1-2H3. The fraction of sp³-hybridized carbons (Fsp3) is 0.538. The van der Waals surface area contributed by atoms with Crippen LogP contribution in [0.15, 0.2) is 24.3 Å². The maximum Gasteiger partial charge on any atom is 0.119 e. The highest BCUT2D eigenvalue weighted by Gasteiger charge is 2.29. The summed E-state index contributed by atoms with van der Waals surface area (Å²) in [7, 11) is 0. The lowest BCUT2D eigenvalue weighted by Gasteiger charge is -2.35. The van der Waals surface area contributed by atoms with Gasteiger partial charge in [-0.2, -0.15) is 0 Å². The van der Waals surface area contributed by atoms with Crippen LogP contribution in [0, 0.1) is 6.92 Å². The van der Waals surface area contributed by atoms with E-state index in [1.165, 1.54) is 5.56 Å². The van der Waals surface area contributed by atoms with Gasteiger partial charge in [-0.1, -0.05) is 24.6 Å². The number of aryl methyl sites for hydroxylation is 1. The molecule has 1 aromatic rings. The van der Waals surface area contributed by atoms with Crippen molar-refractivity contribution in [2.45, 2.75) is 38.8 Å². The average Bonchev–Trinajstić information content (AvgIpc) is 2.18. The van der Waals surface area contributed by atoms with Gasteiger partial charge in [0.1, 0.15) is 11.9 Å². The molecule has 1 aromatic carbocycles. The van der Waals surface area contributed by atoms with Gasteiger partial charge in [-0.15, -0.1) is 0 Å². The van der Waals surface area contributed by atoms with Crippen molar-refractivity contribution in [1.82, 2.24) is 5.32 Å². The Bertz CT molecular complexity index is 301. The monoisotopic (exact) mass is 205 g/mol. The lowest BCUT2D eigenvalue weighted by molar-refractivity contribution is 0.0859. The summed E-state index contributed by atoms with van der Waals surface area (Å²) >= 11 is 0. The predicted molar refractivity (Wildman–Crippen MR) is 62.3 cm³/mol. The first-order chi connectivity index (χ1) is 7.28. The van der Waals surface area contributed by atoms with Crippen LogP contribution in [-0.2, 0) is 0 Å². The lowest BCUT2D eigenvalue weighted by atomic mass is 9.89. The maximum atomic E-state index is 5.84. The van der Waals surface area contributed by atoms with Gasteiger partial charge in [-0.05, 0) is 38.4 Å². The van der Waals surface area contributed by atoms with Crippen LogP contribution in [0.4, 0.5) is 0 Å². The summed E-state index contributed by atoms with van der Waals surface area (Å²) in [6.07, 6.45) is 2.69. The van der Waals surface area contributed by atoms with Crippen LogP contribution in [0.2, 0.25) is 0 Å². The van der Waals surface area contributed by atoms with Crippen molar-refractivity contribution in [2.75, 3.05) is 6.54 Å². The van der Waals surface area contributed by atoms with Crippen LogP contribution in [0.25, 0.3) is 0 Å². The predicted octanol–water partition coefficient (Wildman–Crippen LogP) is 2.51. The zero-order chi connectivity index (χ0) is 10.7. The Morgan fingerprint density at radius 1 is 1.27 bits per heavy atom. The summed E-state index contributed by atoms with van der Waals surface area (Å²) in [4.78, 5) is 0. The van der Waals surface area contributed by atoms with Crippen molar-refractivity contribution in [1.29, 1.82) is 0 Å². The summed E-state index contributed by atoms with van der Waals surface area (Å²) in [6, 6.07) is 8.96. The Hall–Kier alpha value is -1.02. The molecule has 0 heterocycles. The number of hydrogen-bond acceptors (Lipinski definition) is 2. The SMILES string of the molecule is CCNC1CC(Oc2ccc(C)cc2)C1. The second-order valence-electron chi connectivity index (χ2n) is 4.28. The number of hydrogen-bond donors (Lipinski definition) is 1. The van der Waals surface area contributed by atoms with Crippen LogP contribution in [-0.4, -0.2) is 18.7 Å². The second-order valence-corrected chi connectivity index (χ2v) is 4.28. The third kappa shape index (κ3) is 2.72. The first kappa shape index (κ1) is 10.5. The minimum atomic E-state index is 0.414. The molecule has 0 aliphatic heterocycles. The van der Waals surface area contributed by atoms with Crippen molar-refractivity contribution in [3.63, 3.8) is 0 Å². The van der Waals surface area contributed by atoms with E-state index >= 15 is 0 Å². The normalized spacial score (nSPS) is 24.7. The van der Waals surface area contributed by atoms with Gasteiger partial charge in [-0.25, -0.2) is 0 Å². The van der Waals surface area contributed by atoms with Crippen molar-refractivity contribution in [2.24, 2.45) is 0 Å². The highest BCUT2D eigenvalue weighted by Crippen LogP contribution is 2.25. The molecule has 0 atom stereocenters. The zero-order valence-electron chi connectivity index (χ0n) is 9.49. The van der Waals surface area contributed by atoms with E-state index < -0.39 is 0 Å². The van der Waals surface area contributed by atoms with Gasteiger partial charge in [0.15, 0.2) is 0 Å². The summed E-state index contributed by atoms with van der Waals surface area (Å²) in [5.41, 5.74) is 1.28. The molecule has 1 N–H and O–H groups in total. The van der Waals surface area contributed by atoms with Crippen molar-refractivity contribution < 1.29 is 4.74 Å². The molecule has 2 heteroatoms. The quantitative estimate of drug-likeness (QED) is 0.815. The molecule has 0 saturated heterocycles. The van der Waals surface area contributed by atoms with E-state index in [4.69, 9.17) is 4.74 Å². The van der Waals surface area contributed by atoms with Crippen LogP contribution in [0.5, 0.6) is 5.75 Å². The molecule has 1 aliphatic carbocycles. The maximum absolute atomic E-state index is 5.84. The van der Waals surface area contributed by atoms with E-state index in [0.717, 1.165) is 25.1 Å². The Kier molecular flexibility index (Phi) is 3.27. The van der Waals surface area contributed by atoms with Gasteiger partial charge in [0.25, 0.3) is 0 Å². The van der Waals surface area contributed by atoms with Crippen molar-refractivity contribution >= 4 is 0 Å². The Morgan fingerprint density at radius 3 is 2.53 bits per heavy atom. The van der Waals surface area contributed by atoms with Crippen LogP contribution >= 0.6 is 0 Å². The second kappa shape index (κ2) is 4.67. The molecule has 15 heavy (non-hydrogen) atoms. The molecule has 0 unspecified atom stereocenters. The molecule has 2 rings (SSSR count). The molecule has 82 valence electrons. The van der Waals surface area contributed by atoms with E-state index in [0.29, 0.717) is 12.1 Å². The topological polar surface area (TPSA) is 21.3 Å². The molecule has 0 radical (unpaired) electrons. The first-order valence-corrected chi connectivity index (χ1v) is 5.74. The first-order valence-electron chi connectivity index (χ1n) is 5.74. The fourth-order valence-electron chi connectivity index (χ4n) is 1.93. The highest BCUT2D eigenvalue weighted by molar-refractivity contribution is 5.26. The molecule has 0 spiro atoms. The van der Waals surface area contributed by atoms with E-state index in [2.05, 4.69) is 43.4 Å². The summed E-state index contributed by atoms with van der Waals surface area (Å²) in [6.45, 7) is 5.30. The third-order valence-electron chi connectivity index (χ3n) is 2.91. The van der Waals surface area contributed by atoms with Gasteiger partial charge < -0.3 is 10.1 Å². The van der Waals surface area contributed by atoms with E-state index in [9.17, 15) is 0 Å². The van der Waals surface area contributed by atoms with Gasteiger partial charge >= 0.3 is 0 Å². The van der Waals surface area contributed by atoms with Crippen LogP contribution in [0.3, 0.4) is 0 Å². The van der Waals surface area contributed by atoms with Crippen molar-refractivity contribution in [3.05, 3.63) is 29.8 Å². The number of benzene rings is 1. The van der Waals surface area contributed by atoms with Gasteiger partial charge in [0.05, 0.1) is 0 Å².